The molecule has 0 aliphatic carbocycles. The number of nitrogens with zero attached hydrogens (tertiary/aromatic N) is 2. The Morgan fingerprint density at radius 3 is 2.52 bits per heavy atom. The van der Waals surface area contributed by atoms with Crippen molar-refractivity contribution >= 4 is 29.1 Å². The van der Waals surface area contributed by atoms with Crippen molar-refractivity contribution in [2.45, 2.75) is 19.9 Å². The Bertz CT molecular complexity index is 659. The lowest BCUT2D eigenvalue weighted by Crippen LogP contribution is -2.33. The minimum atomic E-state index is -0.129. The van der Waals surface area contributed by atoms with Crippen LogP contribution in [-0.2, 0) is 16.1 Å². The molecule has 0 saturated heterocycles. The number of aromatic nitrogens is 1. The fraction of sp³-hybridized carbons (Fsp3) is 0.235. The SMILES string of the molecule is CC(=O)N(CCC(=O)NCc1ccccn1)c1ccc(Cl)cc1. The maximum absolute atomic E-state index is 11.9. The predicted molar refractivity (Wildman–Crippen MR) is 90.2 cm³/mol. The van der Waals surface area contributed by atoms with Gasteiger partial charge in [0, 0.05) is 36.8 Å². The zero-order chi connectivity index (χ0) is 16.7. The number of pyridine rings is 1. The van der Waals surface area contributed by atoms with Crippen molar-refractivity contribution in [2.24, 2.45) is 0 Å². The normalized spacial score (nSPS) is 10.2. The van der Waals surface area contributed by atoms with E-state index in [4.69, 9.17) is 11.6 Å². The van der Waals surface area contributed by atoms with Crippen LogP contribution in [0.3, 0.4) is 0 Å². The number of nitrogens with one attached hydrogen (secondary N) is 1. The number of rotatable bonds is 6. The van der Waals surface area contributed by atoms with Gasteiger partial charge < -0.3 is 10.2 Å². The zero-order valence-electron chi connectivity index (χ0n) is 12.8. The highest BCUT2D eigenvalue weighted by molar-refractivity contribution is 6.30. The van der Waals surface area contributed by atoms with Crippen molar-refractivity contribution in [3.63, 3.8) is 0 Å². The van der Waals surface area contributed by atoms with E-state index in [9.17, 15) is 9.59 Å². The van der Waals surface area contributed by atoms with Gasteiger partial charge in [-0.15, -0.1) is 0 Å². The van der Waals surface area contributed by atoms with E-state index in [1.807, 2.05) is 18.2 Å². The highest BCUT2D eigenvalue weighted by Crippen LogP contribution is 2.18. The van der Waals surface area contributed by atoms with E-state index >= 15 is 0 Å². The fourth-order valence-corrected chi connectivity index (χ4v) is 2.21. The molecule has 2 amide bonds. The molecule has 2 aromatic rings. The molecule has 0 saturated carbocycles. The monoisotopic (exact) mass is 331 g/mol. The number of benzene rings is 1. The topological polar surface area (TPSA) is 62.3 Å². The Morgan fingerprint density at radius 2 is 1.91 bits per heavy atom. The van der Waals surface area contributed by atoms with Crippen molar-refractivity contribution in [1.82, 2.24) is 10.3 Å². The minimum absolute atomic E-state index is 0.121. The molecule has 0 bridgehead atoms. The Labute approximate surface area is 140 Å². The summed E-state index contributed by atoms with van der Waals surface area (Å²) in [6.45, 7) is 2.16. The average molecular weight is 332 g/mol. The van der Waals surface area contributed by atoms with E-state index in [1.54, 1.807) is 35.4 Å². The van der Waals surface area contributed by atoms with Gasteiger partial charge >= 0.3 is 0 Å². The van der Waals surface area contributed by atoms with E-state index in [0.29, 0.717) is 18.1 Å². The predicted octanol–water partition coefficient (Wildman–Crippen LogP) is 2.79. The van der Waals surface area contributed by atoms with E-state index in [1.165, 1.54) is 6.92 Å². The average Bonchev–Trinajstić information content (AvgIpc) is 2.55. The smallest absolute Gasteiger partial charge is 0.223 e. The first-order valence-electron chi connectivity index (χ1n) is 7.26. The third kappa shape index (κ3) is 5.38. The lowest BCUT2D eigenvalue weighted by molar-refractivity contribution is -0.121. The quantitative estimate of drug-likeness (QED) is 0.885. The highest BCUT2D eigenvalue weighted by atomic mass is 35.5. The molecule has 1 aromatic carbocycles. The van der Waals surface area contributed by atoms with Crippen LogP contribution in [0.15, 0.2) is 48.7 Å². The minimum Gasteiger partial charge on any atom is -0.350 e. The lowest BCUT2D eigenvalue weighted by atomic mass is 10.2. The molecule has 1 heterocycles. The summed E-state index contributed by atoms with van der Waals surface area (Å²) in [4.78, 5) is 29.4. The van der Waals surface area contributed by atoms with Crippen LogP contribution in [-0.4, -0.2) is 23.3 Å². The van der Waals surface area contributed by atoms with Gasteiger partial charge in [0.05, 0.1) is 12.2 Å². The van der Waals surface area contributed by atoms with E-state index in [-0.39, 0.29) is 18.2 Å². The van der Waals surface area contributed by atoms with Gasteiger partial charge in [-0.1, -0.05) is 17.7 Å². The van der Waals surface area contributed by atoms with Gasteiger partial charge in [-0.3, -0.25) is 14.6 Å². The van der Waals surface area contributed by atoms with Crippen molar-refractivity contribution in [1.29, 1.82) is 0 Å². The first kappa shape index (κ1) is 17.0. The number of hydrogen-bond donors (Lipinski definition) is 1. The Kier molecular flexibility index (Phi) is 6.11. The molecule has 0 aliphatic heterocycles. The molecular weight excluding hydrogens is 314 g/mol. The Hall–Kier alpha value is -2.40. The van der Waals surface area contributed by atoms with Crippen LogP contribution in [0.1, 0.15) is 19.0 Å². The van der Waals surface area contributed by atoms with Crippen LogP contribution in [0.25, 0.3) is 0 Å². The van der Waals surface area contributed by atoms with Gasteiger partial charge in [0.1, 0.15) is 0 Å². The fourth-order valence-electron chi connectivity index (χ4n) is 2.08. The van der Waals surface area contributed by atoms with Crippen LogP contribution in [0.5, 0.6) is 0 Å². The molecule has 0 atom stereocenters. The van der Waals surface area contributed by atoms with Crippen molar-refractivity contribution in [3.8, 4) is 0 Å². The van der Waals surface area contributed by atoms with E-state index in [0.717, 1.165) is 11.4 Å². The highest BCUT2D eigenvalue weighted by Gasteiger charge is 2.13. The molecule has 0 aliphatic rings. The van der Waals surface area contributed by atoms with Gasteiger partial charge in [-0.05, 0) is 36.4 Å². The molecule has 6 heteroatoms. The maximum atomic E-state index is 11.9. The summed E-state index contributed by atoms with van der Waals surface area (Å²) in [7, 11) is 0. The van der Waals surface area contributed by atoms with Gasteiger partial charge in [0.25, 0.3) is 0 Å². The Balaban J connectivity index is 1.87. The standard InChI is InChI=1S/C17H18ClN3O2/c1-13(22)21(16-7-5-14(18)6-8-16)11-9-17(23)20-12-15-4-2-3-10-19-15/h2-8,10H,9,11-12H2,1H3,(H,20,23). The van der Waals surface area contributed by atoms with E-state index < -0.39 is 0 Å². The largest absolute Gasteiger partial charge is 0.350 e. The van der Waals surface area contributed by atoms with Crippen LogP contribution >= 0.6 is 11.6 Å². The van der Waals surface area contributed by atoms with Crippen LogP contribution in [0.4, 0.5) is 5.69 Å². The molecule has 0 spiro atoms. The molecule has 23 heavy (non-hydrogen) atoms. The summed E-state index contributed by atoms with van der Waals surface area (Å²) >= 11 is 5.85. The number of carbonyl (C=O) groups excluding carboxylic acids is 2. The summed E-state index contributed by atoms with van der Waals surface area (Å²) in [5.41, 5.74) is 1.52. The molecule has 1 N–H and O–H groups in total. The number of halogens is 1. The van der Waals surface area contributed by atoms with Crippen molar-refractivity contribution in [2.75, 3.05) is 11.4 Å². The van der Waals surface area contributed by atoms with Gasteiger partial charge in [-0.25, -0.2) is 0 Å². The molecule has 120 valence electrons. The summed E-state index contributed by atoms with van der Waals surface area (Å²) in [6.07, 6.45) is 1.90. The molecule has 1 aromatic heterocycles. The molecule has 2 rings (SSSR count). The third-order valence-corrected chi connectivity index (χ3v) is 3.53. The molecule has 0 radical (unpaired) electrons. The number of amides is 2. The van der Waals surface area contributed by atoms with Gasteiger partial charge in [0.2, 0.25) is 11.8 Å². The van der Waals surface area contributed by atoms with E-state index in [2.05, 4.69) is 10.3 Å². The second-order valence-corrected chi connectivity index (χ2v) is 5.43. The first-order chi connectivity index (χ1) is 11.1. The van der Waals surface area contributed by atoms with Crippen molar-refractivity contribution < 1.29 is 9.59 Å². The van der Waals surface area contributed by atoms with Gasteiger partial charge in [-0.2, -0.15) is 0 Å². The summed E-state index contributed by atoms with van der Waals surface area (Å²) < 4.78 is 0. The number of hydrogen-bond acceptors (Lipinski definition) is 3. The van der Waals surface area contributed by atoms with Crippen molar-refractivity contribution in [3.05, 3.63) is 59.4 Å². The van der Waals surface area contributed by atoms with Crippen LogP contribution in [0, 0.1) is 0 Å². The summed E-state index contributed by atoms with van der Waals surface area (Å²) in [6, 6.07) is 12.5. The number of carbonyl (C=O) groups is 2. The molecule has 5 nitrogen and oxygen atoms in total. The number of anilines is 1. The van der Waals surface area contributed by atoms with Crippen LogP contribution in [0.2, 0.25) is 5.02 Å². The van der Waals surface area contributed by atoms with Gasteiger partial charge in [0.15, 0.2) is 0 Å². The second kappa shape index (κ2) is 8.29. The summed E-state index contributed by atoms with van der Waals surface area (Å²) in [5, 5.41) is 3.40. The lowest BCUT2D eigenvalue weighted by Gasteiger charge is -2.21. The summed E-state index contributed by atoms with van der Waals surface area (Å²) in [5.74, 6) is -0.249. The molecular formula is C17H18ClN3O2. The second-order valence-electron chi connectivity index (χ2n) is 4.99. The molecule has 0 fully saturated rings. The van der Waals surface area contributed by atoms with Crippen LogP contribution < -0.4 is 10.2 Å². The zero-order valence-corrected chi connectivity index (χ0v) is 13.6. The third-order valence-electron chi connectivity index (χ3n) is 3.27. The maximum Gasteiger partial charge on any atom is 0.223 e. The molecule has 0 unspecified atom stereocenters. The Morgan fingerprint density at radius 1 is 1.17 bits per heavy atom. The first-order valence-corrected chi connectivity index (χ1v) is 7.64.